The number of carbonyl (C=O) groups is 1. The molecule has 1 saturated heterocycles. The van der Waals surface area contributed by atoms with Crippen molar-refractivity contribution in [2.75, 3.05) is 11.9 Å². The number of fused-ring (bicyclic) bond motifs is 2. The molecular formula is C20H26N4O2. The molecule has 3 fully saturated rings. The van der Waals surface area contributed by atoms with Gasteiger partial charge in [0.2, 0.25) is 11.9 Å². The summed E-state index contributed by atoms with van der Waals surface area (Å²) in [6, 6.07) is 4.36. The Hall–Kier alpha value is -1.95. The second-order valence-electron chi connectivity index (χ2n) is 8.60. The van der Waals surface area contributed by atoms with E-state index in [-0.39, 0.29) is 12.0 Å². The van der Waals surface area contributed by atoms with E-state index in [0.717, 1.165) is 49.1 Å². The summed E-state index contributed by atoms with van der Waals surface area (Å²) in [6.07, 6.45) is 6.46. The Morgan fingerprint density at radius 3 is 2.96 bits per heavy atom. The van der Waals surface area contributed by atoms with Crippen LogP contribution in [0, 0.1) is 18.3 Å². The van der Waals surface area contributed by atoms with Gasteiger partial charge in [0.05, 0.1) is 6.10 Å². The minimum absolute atomic E-state index is 0.0418. The number of hydrogen-bond acceptors (Lipinski definition) is 4. The van der Waals surface area contributed by atoms with E-state index >= 15 is 0 Å². The maximum absolute atomic E-state index is 12.7. The van der Waals surface area contributed by atoms with Gasteiger partial charge in [0.25, 0.3) is 0 Å². The molecule has 2 aromatic heterocycles. The van der Waals surface area contributed by atoms with E-state index in [1.807, 2.05) is 19.1 Å². The van der Waals surface area contributed by atoms with Crippen molar-refractivity contribution in [2.45, 2.75) is 64.5 Å². The van der Waals surface area contributed by atoms with Gasteiger partial charge < -0.3 is 4.74 Å². The van der Waals surface area contributed by atoms with E-state index in [1.54, 1.807) is 0 Å². The molecule has 1 N–H and O–H groups in total. The summed E-state index contributed by atoms with van der Waals surface area (Å²) in [4.78, 5) is 22.0. The van der Waals surface area contributed by atoms with Gasteiger partial charge in [0.15, 0.2) is 5.65 Å². The van der Waals surface area contributed by atoms with E-state index in [9.17, 15) is 4.79 Å². The number of carbonyl (C=O) groups excluding carboxylic acids is 1. The lowest BCUT2D eigenvalue weighted by atomic mass is 9.59. The molecule has 1 amide bonds. The average Bonchev–Trinajstić information content (AvgIpc) is 3.02. The number of anilines is 1. The van der Waals surface area contributed by atoms with Crippen LogP contribution in [0.4, 0.5) is 5.95 Å². The highest BCUT2D eigenvalue weighted by Gasteiger charge is 2.54. The summed E-state index contributed by atoms with van der Waals surface area (Å²) in [5.74, 6) is 1.03. The Morgan fingerprint density at radius 2 is 2.23 bits per heavy atom. The normalized spacial score (nSPS) is 30.7. The third-order valence-electron chi connectivity index (χ3n) is 6.63. The molecule has 2 aliphatic carbocycles. The van der Waals surface area contributed by atoms with Gasteiger partial charge in [-0.25, -0.2) is 9.97 Å². The molecule has 0 bridgehead atoms. The lowest BCUT2D eigenvalue weighted by molar-refractivity contribution is -0.125. The lowest BCUT2D eigenvalue weighted by Gasteiger charge is -2.47. The Balaban J connectivity index is 1.36. The van der Waals surface area contributed by atoms with Crippen molar-refractivity contribution in [1.82, 2.24) is 14.5 Å². The quantitative estimate of drug-likeness (QED) is 0.911. The molecule has 1 aliphatic heterocycles. The Bertz CT molecular complexity index is 872. The molecule has 3 atom stereocenters. The van der Waals surface area contributed by atoms with Crippen LogP contribution < -0.4 is 5.32 Å². The summed E-state index contributed by atoms with van der Waals surface area (Å²) in [6.45, 7) is 5.11. The van der Waals surface area contributed by atoms with E-state index in [1.165, 1.54) is 6.42 Å². The molecule has 2 unspecified atom stereocenters. The van der Waals surface area contributed by atoms with Crippen LogP contribution in [0.15, 0.2) is 12.1 Å². The number of aromatic nitrogens is 3. The van der Waals surface area contributed by atoms with Crippen LogP contribution in [-0.4, -0.2) is 33.2 Å². The standard InChI is InChI=1S/C20H26N4O2/c1-12-6-7-15-18(21-12)24(14-4-3-5-14)19(22-15)23-16(25)10-13-11-20(2)8-9-26-17(13)20/h6-7,13-14,17H,3-5,8-11H2,1-2H3,(H,22,23,25)/t13?,17-,20?/m1/s1. The third kappa shape index (κ3) is 2.46. The number of rotatable bonds is 4. The number of pyridine rings is 1. The van der Waals surface area contributed by atoms with Crippen molar-refractivity contribution in [3.8, 4) is 0 Å². The molecule has 138 valence electrons. The minimum atomic E-state index is 0.0418. The minimum Gasteiger partial charge on any atom is -0.377 e. The smallest absolute Gasteiger partial charge is 0.227 e. The number of ether oxygens (including phenoxy) is 1. The fourth-order valence-corrected chi connectivity index (χ4v) is 4.97. The van der Waals surface area contributed by atoms with Crippen molar-refractivity contribution >= 4 is 23.0 Å². The fourth-order valence-electron chi connectivity index (χ4n) is 4.97. The van der Waals surface area contributed by atoms with Crippen molar-refractivity contribution in [3.05, 3.63) is 17.8 Å². The van der Waals surface area contributed by atoms with Crippen molar-refractivity contribution in [3.63, 3.8) is 0 Å². The number of amides is 1. The Morgan fingerprint density at radius 1 is 1.38 bits per heavy atom. The fraction of sp³-hybridized carbons (Fsp3) is 0.650. The largest absolute Gasteiger partial charge is 0.377 e. The van der Waals surface area contributed by atoms with Crippen molar-refractivity contribution in [2.24, 2.45) is 11.3 Å². The highest BCUT2D eigenvalue weighted by molar-refractivity contribution is 5.91. The first kappa shape index (κ1) is 16.2. The molecule has 0 radical (unpaired) electrons. The van der Waals surface area contributed by atoms with Gasteiger partial charge in [-0.1, -0.05) is 6.92 Å². The Labute approximate surface area is 153 Å². The summed E-state index contributed by atoms with van der Waals surface area (Å²) < 4.78 is 8.00. The molecule has 0 aromatic carbocycles. The zero-order chi connectivity index (χ0) is 17.9. The highest BCUT2D eigenvalue weighted by atomic mass is 16.5. The number of imidazole rings is 1. The summed E-state index contributed by atoms with van der Waals surface area (Å²) in [7, 11) is 0. The molecule has 26 heavy (non-hydrogen) atoms. The molecule has 2 aromatic rings. The van der Waals surface area contributed by atoms with Crippen molar-refractivity contribution < 1.29 is 9.53 Å². The number of hydrogen-bond donors (Lipinski definition) is 1. The molecule has 2 saturated carbocycles. The van der Waals surface area contributed by atoms with Crippen LogP contribution >= 0.6 is 0 Å². The molecule has 6 heteroatoms. The first-order valence-corrected chi connectivity index (χ1v) is 9.80. The third-order valence-corrected chi connectivity index (χ3v) is 6.63. The van der Waals surface area contributed by atoms with Gasteiger partial charge in [0.1, 0.15) is 5.52 Å². The van der Waals surface area contributed by atoms with Crippen LogP contribution in [0.1, 0.15) is 57.2 Å². The maximum Gasteiger partial charge on any atom is 0.227 e. The molecule has 0 spiro atoms. The average molecular weight is 354 g/mol. The SMILES string of the molecule is Cc1ccc2nc(NC(=O)CC3CC4(C)CCO[C@H]34)n(C3CCC3)c2n1. The topological polar surface area (TPSA) is 69.0 Å². The molecule has 3 heterocycles. The van der Waals surface area contributed by atoms with Gasteiger partial charge >= 0.3 is 0 Å². The van der Waals surface area contributed by atoms with Crippen LogP contribution in [-0.2, 0) is 9.53 Å². The second kappa shape index (κ2) is 5.78. The van der Waals surface area contributed by atoms with Gasteiger partial charge in [-0.05, 0) is 62.5 Å². The number of aryl methyl sites for hydroxylation is 1. The van der Waals surface area contributed by atoms with Crippen molar-refractivity contribution in [1.29, 1.82) is 0 Å². The monoisotopic (exact) mass is 354 g/mol. The molecule has 3 aliphatic rings. The van der Waals surface area contributed by atoms with Gasteiger partial charge in [-0.3, -0.25) is 14.7 Å². The summed E-state index contributed by atoms with van der Waals surface area (Å²) in [5, 5.41) is 3.08. The summed E-state index contributed by atoms with van der Waals surface area (Å²) in [5.41, 5.74) is 3.02. The first-order valence-electron chi connectivity index (χ1n) is 9.80. The molecule has 5 rings (SSSR count). The predicted molar refractivity (Wildman–Crippen MR) is 99.0 cm³/mol. The van der Waals surface area contributed by atoms with Crippen LogP contribution in [0.3, 0.4) is 0 Å². The van der Waals surface area contributed by atoms with E-state index in [2.05, 4.69) is 26.8 Å². The first-order chi connectivity index (χ1) is 12.5. The Kier molecular flexibility index (Phi) is 3.61. The summed E-state index contributed by atoms with van der Waals surface area (Å²) >= 11 is 0. The van der Waals surface area contributed by atoms with Gasteiger partial charge in [0, 0.05) is 24.8 Å². The molecular weight excluding hydrogens is 328 g/mol. The zero-order valence-corrected chi connectivity index (χ0v) is 15.5. The van der Waals surface area contributed by atoms with E-state index in [4.69, 9.17) is 4.74 Å². The zero-order valence-electron chi connectivity index (χ0n) is 15.5. The highest BCUT2D eigenvalue weighted by Crippen LogP contribution is 2.54. The predicted octanol–water partition coefficient (Wildman–Crippen LogP) is 3.61. The van der Waals surface area contributed by atoms with Gasteiger partial charge in [-0.15, -0.1) is 0 Å². The van der Waals surface area contributed by atoms with Crippen LogP contribution in [0.5, 0.6) is 0 Å². The van der Waals surface area contributed by atoms with Crippen LogP contribution in [0.2, 0.25) is 0 Å². The lowest BCUT2D eigenvalue weighted by Crippen LogP contribution is -2.48. The van der Waals surface area contributed by atoms with E-state index in [0.29, 0.717) is 29.7 Å². The van der Waals surface area contributed by atoms with E-state index < -0.39 is 0 Å². The van der Waals surface area contributed by atoms with Gasteiger partial charge in [-0.2, -0.15) is 0 Å². The molecule has 6 nitrogen and oxygen atoms in total. The number of nitrogens with zero attached hydrogens (tertiary/aromatic N) is 3. The number of nitrogens with one attached hydrogen (secondary N) is 1. The maximum atomic E-state index is 12.7. The second-order valence-corrected chi connectivity index (χ2v) is 8.60. The van der Waals surface area contributed by atoms with Crippen LogP contribution in [0.25, 0.3) is 11.2 Å².